The van der Waals surface area contributed by atoms with E-state index in [-0.39, 0.29) is 5.97 Å². The minimum atomic E-state index is -0.351. The van der Waals surface area contributed by atoms with Gasteiger partial charge in [0.2, 0.25) is 0 Å². The molecule has 3 nitrogen and oxygen atoms in total. The highest BCUT2D eigenvalue weighted by Gasteiger charge is 2.15. The van der Waals surface area contributed by atoms with Crippen molar-refractivity contribution < 1.29 is 9.53 Å². The SMILES string of the molecule is COC(=O)c1cc(Cl)ccc1NCC1CCCCCC1. The molecule has 1 aromatic carbocycles. The van der Waals surface area contributed by atoms with Crippen LogP contribution in [-0.4, -0.2) is 19.6 Å². The number of anilines is 1. The molecule has 0 heterocycles. The van der Waals surface area contributed by atoms with Gasteiger partial charge in [-0.25, -0.2) is 4.79 Å². The lowest BCUT2D eigenvalue weighted by atomic mass is 10.00. The number of esters is 1. The molecule has 1 fully saturated rings. The quantitative estimate of drug-likeness (QED) is 0.656. The number of hydrogen-bond acceptors (Lipinski definition) is 3. The Labute approximate surface area is 125 Å². The average molecular weight is 296 g/mol. The molecule has 1 saturated carbocycles. The van der Waals surface area contributed by atoms with Crippen molar-refractivity contribution in [3.05, 3.63) is 28.8 Å². The molecule has 0 radical (unpaired) electrons. The minimum absolute atomic E-state index is 0.351. The smallest absolute Gasteiger partial charge is 0.340 e. The van der Waals surface area contributed by atoms with Crippen LogP contribution in [0.4, 0.5) is 5.69 Å². The summed E-state index contributed by atoms with van der Waals surface area (Å²) in [7, 11) is 1.39. The van der Waals surface area contributed by atoms with E-state index in [2.05, 4.69) is 5.32 Å². The summed E-state index contributed by atoms with van der Waals surface area (Å²) in [6.45, 7) is 0.908. The summed E-state index contributed by atoms with van der Waals surface area (Å²) in [6, 6.07) is 5.30. The topological polar surface area (TPSA) is 38.3 Å². The van der Waals surface area contributed by atoms with E-state index in [1.807, 2.05) is 6.07 Å². The Kier molecular flexibility index (Phi) is 5.72. The fraction of sp³-hybridized carbons (Fsp3) is 0.562. The summed E-state index contributed by atoms with van der Waals surface area (Å²) in [5.74, 6) is 0.342. The van der Waals surface area contributed by atoms with Gasteiger partial charge in [-0.3, -0.25) is 0 Å². The van der Waals surface area contributed by atoms with Crippen molar-refractivity contribution in [3.8, 4) is 0 Å². The molecule has 0 spiro atoms. The lowest BCUT2D eigenvalue weighted by molar-refractivity contribution is 0.0602. The fourth-order valence-electron chi connectivity index (χ4n) is 2.77. The Balaban J connectivity index is 2.02. The van der Waals surface area contributed by atoms with Gasteiger partial charge in [-0.1, -0.05) is 37.3 Å². The Morgan fingerprint density at radius 2 is 2.00 bits per heavy atom. The molecule has 0 bridgehead atoms. The number of methoxy groups -OCH3 is 1. The van der Waals surface area contributed by atoms with Crippen molar-refractivity contribution in [1.29, 1.82) is 0 Å². The van der Waals surface area contributed by atoms with E-state index in [1.54, 1.807) is 12.1 Å². The lowest BCUT2D eigenvalue weighted by Crippen LogP contribution is -2.16. The third kappa shape index (κ3) is 4.14. The maximum atomic E-state index is 11.8. The van der Waals surface area contributed by atoms with Crippen LogP contribution in [0.5, 0.6) is 0 Å². The Bertz CT molecular complexity index is 454. The number of halogens is 1. The fourth-order valence-corrected chi connectivity index (χ4v) is 2.94. The predicted molar refractivity (Wildman–Crippen MR) is 82.5 cm³/mol. The monoisotopic (exact) mass is 295 g/mol. The molecule has 1 N–H and O–H groups in total. The number of carbonyl (C=O) groups excluding carboxylic acids is 1. The van der Waals surface area contributed by atoms with Crippen LogP contribution in [0.1, 0.15) is 48.9 Å². The number of nitrogens with one attached hydrogen (secondary N) is 1. The van der Waals surface area contributed by atoms with E-state index in [0.717, 1.165) is 12.2 Å². The van der Waals surface area contributed by atoms with E-state index in [0.29, 0.717) is 16.5 Å². The standard InChI is InChI=1S/C16H22ClNO2/c1-20-16(19)14-10-13(17)8-9-15(14)18-11-12-6-4-2-3-5-7-12/h8-10,12,18H,2-7,11H2,1H3. The van der Waals surface area contributed by atoms with Gasteiger partial charge in [-0.15, -0.1) is 0 Å². The van der Waals surface area contributed by atoms with Gasteiger partial charge in [0.15, 0.2) is 0 Å². The molecule has 110 valence electrons. The largest absolute Gasteiger partial charge is 0.465 e. The summed E-state index contributed by atoms with van der Waals surface area (Å²) in [5.41, 5.74) is 1.32. The Morgan fingerprint density at radius 1 is 1.30 bits per heavy atom. The first-order valence-electron chi connectivity index (χ1n) is 7.32. The molecule has 0 aliphatic heterocycles. The number of benzene rings is 1. The molecule has 1 aliphatic carbocycles. The molecule has 1 aromatic rings. The van der Waals surface area contributed by atoms with E-state index < -0.39 is 0 Å². The van der Waals surface area contributed by atoms with Crippen LogP contribution in [0.3, 0.4) is 0 Å². The third-order valence-corrected chi connectivity index (χ3v) is 4.18. The molecule has 1 aliphatic rings. The molecule has 0 atom stereocenters. The van der Waals surface area contributed by atoms with E-state index in [1.165, 1.54) is 45.6 Å². The number of ether oxygens (including phenoxy) is 1. The zero-order valence-electron chi connectivity index (χ0n) is 12.0. The lowest BCUT2D eigenvalue weighted by Gasteiger charge is -2.17. The van der Waals surface area contributed by atoms with E-state index in [4.69, 9.17) is 16.3 Å². The zero-order valence-corrected chi connectivity index (χ0v) is 12.7. The summed E-state index contributed by atoms with van der Waals surface area (Å²) >= 11 is 5.95. The predicted octanol–water partition coefficient (Wildman–Crippen LogP) is 4.51. The van der Waals surface area contributed by atoms with Crippen LogP contribution in [0, 0.1) is 5.92 Å². The van der Waals surface area contributed by atoms with Crippen LogP contribution in [0.15, 0.2) is 18.2 Å². The number of carbonyl (C=O) groups is 1. The molecule has 4 heteroatoms. The number of hydrogen-bond donors (Lipinski definition) is 1. The first-order valence-corrected chi connectivity index (χ1v) is 7.70. The van der Waals surface area contributed by atoms with Gasteiger partial charge in [0.05, 0.1) is 12.7 Å². The Morgan fingerprint density at radius 3 is 2.65 bits per heavy atom. The van der Waals surface area contributed by atoms with Gasteiger partial charge in [0.1, 0.15) is 0 Å². The van der Waals surface area contributed by atoms with Crippen LogP contribution in [0.2, 0.25) is 5.02 Å². The third-order valence-electron chi connectivity index (χ3n) is 3.94. The van der Waals surface area contributed by atoms with Crippen molar-refractivity contribution in [3.63, 3.8) is 0 Å². The molecule has 0 saturated heterocycles. The highest BCUT2D eigenvalue weighted by atomic mass is 35.5. The summed E-state index contributed by atoms with van der Waals surface area (Å²) in [4.78, 5) is 11.8. The molecule has 0 amide bonds. The van der Waals surface area contributed by atoms with Gasteiger partial charge in [-0.2, -0.15) is 0 Å². The molecular weight excluding hydrogens is 274 g/mol. The second kappa shape index (κ2) is 7.53. The normalized spacial score (nSPS) is 16.5. The van der Waals surface area contributed by atoms with E-state index >= 15 is 0 Å². The first-order chi connectivity index (χ1) is 9.70. The van der Waals surface area contributed by atoms with Gasteiger partial charge in [-0.05, 0) is 37.0 Å². The van der Waals surface area contributed by atoms with Crippen LogP contribution >= 0.6 is 11.6 Å². The van der Waals surface area contributed by atoms with E-state index in [9.17, 15) is 4.79 Å². The highest BCUT2D eigenvalue weighted by molar-refractivity contribution is 6.31. The molecular formula is C16H22ClNO2. The van der Waals surface area contributed by atoms with Crippen molar-refractivity contribution in [2.24, 2.45) is 5.92 Å². The van der Waals surface area contributed by atoms with Crippen LogP contribution < -0.4 is 5.32 Å². The van der Waals surface area contributed by atoms with Crippen molar-refractivity contribution >= 4 is 23.3 Å². The molecule has 20 heavy (non-hydrogen) atoms. The summed E-state index contributed by atoms with van der Waals surface area (Å²) in [5, 5.41) is 3.94. The van der Waals surface area contributed by atoms with Gasteiger partial charge >= 0.3 is 5.97 Å². The molecule has 2 rings (SSSR count). The Hall–Kier alpha value is -1.22. The zero-order chi connectivity index (χ0) is 14.4. The van der Waals surface area contributed by atoms with Gasteiger partial charge in [0, 0.05) is 17.3 Å². The van der Waals surface area contributed by atoms with Gasteiger partial charge < -0.3 is 10.1 Å². The molecule has 0 aromatic heterocycles. The van der Waals surface area contributed by atoms with Crippen LogP contribution in [-0.2, 0) is 4.74 Å². The summed E-state index contributed by atoms with van der Waals surface area (Å²) < 4.78 is 4.81. The average Bonchev–Trinajstić information content (AvgIpc) is 2.73. The van der Waals surface area contributed by atoms with Crippen LogP contribution in [0.25, 0.3) is 0 Å². The summed E-state index contributed by atoms with van der Waals surface area (Å²) in [6.07, 6.45) is 7.88. The second-order valence-corrected chi connectivity index (χ2v) is 5.86. The highest BCUT2D eigenvalue weighted by Crippen LogP contribution is 2.25. The van der Waals surface area contributed by atoms with Gasteiger partial charge in [0.25, 0.3) is 0 Å². The molecule has 0 unspecified atom stereocenters. The maximum absolute atomic E-state index is 11.8. The van der Waals surface area contributed by atoms with Crippen molar-refractivity contribution in [2.45, 2.75) is 38.5 Å². The second-order valence-electron chi connectivity index (χ2n) is 5.42. The first kappa shape index (κ1) is 15.2. The maximum Gasteiger partial charge on any atom is 0.340 e. The van der Waals surface area contributed by atoms with Crippen molar-refractivity contribution in [1.82, 2.24) is 0 Å². The van der Waals surface area contributed by atoms with Crippen molar-refractivity contribution in [2.75, 3.05) is 19.0 Å². The minimum Gasteiger partial charge on any atom is -0.465 e. The number of rotatable bonds is 4.